The summed E-state index contributed by atoms with van der Waals surface area (Å²) >= 11 is 0. The fourth-order valence-corrected chi connectivity index (χ4v) is 2.69. The van der Waals surface area contributed by atoms with Crippen LogP contribution in [0.2, 0.25) is 0 Å². The van der Waals surface area contributed by atoms with E-state index in [2.05, 4.69) is 0 Å². The molecule has 0 aromatic heterocycles. The van der Waals surface area contributed by atoms with Crippen LogP contribution in [0.5, 0.6) is 0 Å². The molecule has 0 radical (unpaired) electrons. The van der Waals surface area contributed by atoms with Crippen molar-refractivity contribution in [1.82, 2.24) is 0 Å². The predicted molar refractivity (Wildman–Crippen MR) is 53.5 cm³/mol. The van der Waals surface area contributed by atoms with Crippen LogP contribution in [-0.2, 0) is 4.74 Å². The average Bonchev–Trinajstić information content (AvgIpc) is 2.57. The van der Waals surface area contributed by atoms with Gasteiger partial charge >= 0.3 is 0 Å². The third-order valence-electron chi connectivity index (χ3n) is 3.48. The molecule has 1 aliphatic heterocycles. The lowest BCUT2D eigenvalue weighted by Crippen LogP contribution is -2.35. The van der Waals surface area contributed by atoms with E-state index in [4.69, 9.17) is 10.5 Å². The monoisotopic (exact) mass is 183 g/mol. The Hall–Kier alpha value is -0.0800. The summed E-state index contributed by atoms with van der Waals surface area (Å²) in [6, 6.07) is 0.403. The van der Waals surface area contributed by atoms with Gasteiger partial charge < -0.3 is 10.5 Å². The second-order valence-corrected chi connectivity index (χ2v) is 4.66. The quantitative estimate of drug-likeness (QED) is 0.711. The lowest BCUT2D eigenvalue weighted by atomic mass is 9.94. The summed E-state index contributed by atoms with van der Waals surface area (Å²) in [6.45, 7) is 0.887. The van der Waals surface area contributed by atoms with Crippen LogP contribution in [0, 0.1) is 5.92 Å². The second kappa shape index (κ2) is 4.43. The molecular weight excluding hydrogens is 162 g/mol. The molecule has 0 amide bonds. The largest absolute Gasteiger partial charge is 0.378 e. The number of nitrogens with two attached hydrogens (primary N) is 1. The van der Waals surface area contributed by atoms with Crippen LogP contribution < -0.4 is 5.73 Å². The van der Waals surface area contributed by atoms with Crippen molar-refractivity contribution in [2.24, 2.45) is 11.7 Å². The summed E-state index contributed by atoms with van der Waals surface area (Å²) < 4.78 is 5.73. The first-order valence-corrected chi connectivity index (χ1v) is 5.72. The van der Waals surface area contributed by atoms with Gasteiger partial charge in [-0.05, 0) is 25.2 Å². The summed E-state index contributed by atoms with van der Waals surface area (Å²) in [5.41, 5.74) is 5.92. The van der Waals surface area contributed by atoms with E-state index in [0.29, 0.717) is 12.1 Å². The maximum atomic E-state index is 5.92. The van der Waals surface area contributed by atoms with Crippen molar-refractivity contribution < 1.29 is 4.74 Å². The van der Waals surface area contributed by atoms with E-state index in [1.165, 1.54) is 32.1 Å². The zero-order chi connectivity index (χ0) is 9.10. The molecule has 2 aliphatic rings. The van der Waals surface area contributed by atoms with Gasteiger partial charge in [-0.2, -0.15) is 0 Å². The van der Waals surface area contributed by atoms with Crippen LogP contribution in [0.3, 0.4) is 0 Å². The third-order valence-corrected chi connectivity index (χ3v) is 3.48. The van der Waals surface area contributed by atoms with Crippen molar-refractivity contribution in [3.05, 3.63) is 0 Å². The summed E-state index contributed by atoms with van der Waals surface area (Å²) in [4.78, 5) is 0. The predicted octanol–water partition coefficient (Wildman–Crippen LogP) is 2.07. The Morgan fingerprint density at radius 1 is 1.15 bits per heavy atom. The first kappa shape index (κ1) is 9.47. The minimum Gasteiger partial charge on any atom is -0.378 e. The Balaban J connectivity index is 1.73. The van der Waals surface area contributed by atoms with E-state index in [0.717, 1.165) is 25.4 Å². The van der Waals surface area contributed by atoms with Crippen molar-refractivity contribution in [3.8, 4) is 0 Å². The maximum Gasteiger partial charge on any atom is 0.0592 e. The first-order chi connectivity index (χ1) is 6.34. The molecule has 2 heteroatoms. The molecule has 2 unspecified atom stereocenters. The highest BCUT2D eigenvalue weighted by Gasteiger charge is 2.24. The Morgan fingerprint density at radius 2 is 1.92 bits per heavy atom. The van der Waals surface area contributed by atoms with Crippen LogP contribution in [0.15, 0.2) is 0 Å². The molecule has 13 heavy (non-hydrogen) atoms. The van der Waals surface area contributed by atoms with E-state index in [-0.39, 0.29) is 0 Å². The van der Waals surface area contributed by atoms with Gasteiger partial charge in [0.05, 0.1) is 6.10 Å². The van der Waals surface area contributed by atoms with Gasteiger partial charge in [-0.25, -0.2) is 0 Å². The lowest BCUT2D eigenvalue weighted by Gasteiger charge is -2.28. The Bertz CT molecular complexity index is 154. The van der Waals surface area contributed by atoms with Gasteiger partial charge in [0.25, 0.3) is 0 Å². The zero-order valence-corrected chi connectivity index (χ0v) is 8.37. The standard InChI is InChI=1S/C11H21NO/c12-10-5-6-13-11(8-10)7-9-3-1-2-4-9/h9-11H,1-8,12H2. The summed E-state index contributed by atoms with van der Waals surface area (Å²) in [5.74, 6) is 0.940. The van der Waals surface area contributed by atoms with E-state index < -0.39 is 0 Å². The van der Waals surface area contributed by atoms with Gasteiger partial charge in [0.1, 0.15) is 0 Å². The van der Waals surface area contributed by atoms with Crippen LogP contribution >= 0.6 is 0 Å². The fraction of sp³-hybridized carbons (Fsp3) is 1.00. The van der Waals surface area contributed by atoms with E-state index in [1.807, 2.05) is 0 Å². The fourth-order valence-electron chi connectivity index (χ4n) is 2.69. The minimum absolute atomic E-state index is 0.403. The maximum absolute atomic E-state index is 5.92. The van der Waals surface area contributed by atoms with Crippen LogP contribution in [0.1, 0.15) is 44.9 Å². The molecule has 0 spiro atoms. The van der Waals surface area contributed by atoms with Gasteiger partial charge in [-0.15, -0.1) is 0 Å². The highest BCUT2D eigenvalue weighted by atomic mass is 16.5. The van der Waals surface area contributed by atoms with Gasteiger partial charge in [0.2, 0.25) is 0 Å². The highest BCUT2D eigenvalue weighted by Crippen LogP contribution is 2.31. The summed E-state index contributed by atoms with van der Waals surface area (Å²) in [5, 5.41) is 0. The van der Waals surface area contributed by atoms with Crippen LogP contribution in [0.4, 0.5) is 0 Å². The summed E-state index contributed by atoms with van der Waals surface area (Å²) in [7, 11) is 0. The molecule has 1 aliphatic carbocycles. The summed E-state index contributed by atoms with van der Waals surface area (Å²) in [6.07, 6.45) is 9.62. The molecule has 2 nitrogen and oxygen atoms in total. The molecule has 1 heterocycles. The zero-order valence-electron chi connectivity index (χ0n) is 8.37. The van der Waals surface area contributed by atoms with E-state index >= 15 is 0 Å². The molecule has 1 saturated heterocycles. The molecule has 76 valence electrons. The minimum atomic E-state index is 0.403. The third kappa shape index (κ3) is 2.68. The van der Waals surface area contributed by atoms with Crippen molar-refractivity contribution in [1.29, 1.82) is 0 Å². The Kier molecular flexibility index (Phi) is 3.23. The molecule has 0 aromatic rings. The van der Waals surface area contributed by atoms with Crippen molar-refractivity contribution >= 4 is 0 Å². The van der Waals surface area contributed by atoms with Gasteiger partial charge in [0.15, 0.2) is 0 Å². The topological polar surface area (TPSA) is 35.2 Å². The van der Waals surface area contributed by atoms with Gasteiger partial charge in [-0.3, -0.25) is 0 Å². The van der Waals surface area contributed by atoms with Crippen LogP contribution in [0.25, 0.3) is 0 Å². The normalized spacial score (nSPS) is 36.7. The van der Waals surface area contributed by atoms with Gasteiger partial charge in [0, 0.05) is 12.6 Å². The van der Waals surface area contributed by atoms with Crippen molar-refractivity contribution in [2.45, 2.75) is 57.1 Å². The highest BCUT2D eigenvalue weighted by molar-refractivity contribution is 4.78. The number of hydrogen-bond acceptors (Lipinski definition) is 2. The van der Waals surface area contributed by atoms with Crippen molar-refractivity contribution in [3.63, 3.8) is 0 Å². The number of hydrogen-bond donors (Lipinski definition) is 1. The van der Waals surface area contributed by atoms with Crippen molar-refractivity contribution in [2.75, 3.05) is 6.61 Å². The lowest BCUT2D eigenvalue weighted by molar-refractivity contribution is -0.00551. The van der Waals surface area contributed by atoms with Crippen LogP contribution in [-0.4, -0.2) is 18.8 Å². The van der Waals surface area contributed by atoms with Gasteiger partial charge in [-0.1, -0.05) is 25.7 Å². The molecule has 2 fully saturated rings. The SMILES string of the molecule is NC1CCOC(CC2CCCC2)C1. The van der Waals surface area contributed by atoms with E-state index in [9.17, 15) is 0 Å². The van der Waals surface area contributed by atoms with E-state index in [1.54, 1.807) is 0 Å². The molecule has 0 bridgehead atoms. The number of rotatable bonds is 2. The molecule has 2 N–H and O–H groups in total. The first-order valence-electron chi connectivity index (χ1n) is 5.72. The number of ether oxygens (including phenoxy) is 1. The Labute approximate surface area is 80.8 Å². The molecular formula is C11H21NO. The average molecular weight is 183 g/mol. The smallest absolute Gasteiger partial charge is 0.0592 e. The molecule has 0 aromatic carbocycles. The Morgan fingerprint density at radius 3 is 2.62 bits per heavy atom. The second-order valence-electron chi connectivity index (χ2n) is 4.66. The molecule has 2 rings (SSSR count). The molecule has 1 saturated carbocycles. The molecule has 2 atom stereocenters.